The predicted molar refractivity (Wildman–Crippen MR) is 69.8 cm³/mol. The van der Waals surface area contributed by atoms with E-state index < -0.39 is 5.60 Å². The second kappa shape index (κ2) is 4.34. The lowest BCUT2D eigenvalue weighted by Crippen LogP contribution is -2.43. The van der Waals surface area contributed by atoms with Gasteiger partial charge in [0.05, 0.1) is 5.60 Å². The van der Waals surface area contributed by atoms with Gasteiger partial charge in [-0.2, -0.15) is 0 Å². The normalized spacial score (nSPS) is 32.9. The standard InChI is InChI=1S/C13H17BrN2O/c14-11-6-10(8-15-9-11)7-13(17)3-5-16-4-1-2-12(13)16/h6,8-9,12,17H,1-5,7H2. The van der Waals surface area contributed by atoms with Crippen LogP contribution in [0.15, 0.2) is 22.9 Å². The van der Waals surface area contributed by atoms with Gasteiger partial charge in [0.15, 0.2) is 0 Å². The summed E-state index contributed by atoms with van der Waals surface area (Å²) >= 11 is 3.43. The highest BCUT2D eigenvalue weighted by Gasteiger charge is 2.47. The van der Waals surface area contributed by atoms with Gasteiger partial charge in [-0.15, -0.1) is 0 Å². The fraction of sp³-hybridized carbons (Fsp3) is 0.615. The topological polar surface area (TPSA) is 36.4 Å². The first-order valence-corrected chi connectivity index (χ1v) is 7.02. The summed E-state index contributed by atoms with van der Waals surface area (Å²) in [4.78, 5) is 6.61. The van der Waals surface area contributed by atoms with Gasteiger partial charge >= 0.3 is 0 Å². The molecular weight excluding hydrogens is 280 g/mol. The molecule has 2 fully saturated rings. The van der Waals surface area contributed by atoms with E-state index in [9.17, 15) is 5.11 Å². The Balaban J connectivity index is 1.80. The van der Waals surface area contributed by atoms with Crippen LogP contribution in [0.2, 0.25) is 0 Å². The second-order valence-electron chi connectivity index (χ2n) is 5.24. The molecule has 0 aromatic carbocycles. The van der Waals surface area contributed by atoms with Gasteiger partial charge in [0.25, 0.3) is 0 Å². The summed E-state index contributed by atoms with van der Waals surface area (Å²) in [5.74, 6) is 0. The predicted octanol–water partition coefficient (Wildman–Crippen LogP) is 1.99. The molecule has 92 valence electrons. The van der Waals surface area contributed by atoms with Gasteiger partial charge < -0.3 is 5.11 Å². The van der Waals surface area contributed by atoms with Gasteiger partial charge in [-0.1, -0.05) is 0 Å². The molecule has 2 saturated heterocycles. The van der Waals surface area contributed by atoms with E-state index in [4.69, 9.17) is 0 Å². The maximum atomic E-state index is 10.8. The Morgan fingerprint density at radius 2 is 2.35 bits per heavy atom. The number of pyridine rings is 1. The highest BCUT2D eigenvalue weighted by molar-refractivity contribution is 9.10. The van der Waals surface area contributed by atoms with Crippen molar-refractivity contribution in [3.05, 3.63) is 28.5 Å². The van der Waals surface area contributed by atoms with Crippen LogP contribution >= 0.6 is 15.9 Å². The van der Waals surface area contributed by atoms with E-state index in [-0.39, 0.29) is 0 Å². The molecule has 17 heavy (non-hydrogen) atoms. The van der Waals surface area contributed by atoms with Crippen LogP contribution in [-0.2, 0) is 6.42 Å². The van der Waals surface area contributed by atoms with E-state index in [2.05, 4.69) is 31.9 Å². The lowest BCUT2D eigenvalue weighted by atomic mass is 9.87. The minimum Gasteiger partial charge on any atom is -0.388 e. The molecule has 3 heterocycles. The molecular formula is C13H17BrN2O. The fourth-order valence-electron chi connectivity index (χ4n) is 3.32. The maximum absolute atomic E-state index is 10.8. The average molecular weight is 297 g/mol. The van der Waals surface area contributed by atoms with Gasteiger partial charge in [0.2, 0.25) is 0 Å². The molecule has 0 saturated carbocycles. The lowest BCUT2D eigenvalue weighted by molar-refractivity contribution is 0.0140. The van der Waals surface area contributed by atoms with Crippen molar-refractivity contribution in [3.63, 3.8) is 0 Å². The number of rotatable bonds is 2. The van der Waals surface area contributed by atoms with Gasteiger partial charge in [-0.3, -0.25) is 9.88 Å². The summed E-state index contributed by atoms with van der Waals surface area (Å²) in [6.45, 7) is 2.20. The highest BCUT2D eigenvalue weighted by atomic mass is 79.9. The monoisotopic (exact) mass is 296 g/mol. The van der Waals surface area contributed by atoms with Crippen molar-refractivity contribution in [1.82, 2.24) is 9.88 Å². The van der Waals surface area contributed by atoms with Crippen molar-refractivity contribution in [2.75, 3.05) is 13.1 Å². The van der Waals surface area contributed by atoms with E-state index in [1.807, 2.05) is 6.20 Å². The third kappa shape index (κ3) is 2.14. The Morgan fingerprint density at radius 1 is 1.47 bits per heavy atom. The van der Waals surface area contributed by atoms with E-state index in [1.165, 1.54) is 6.42 Å². The van der Waals surface area contributed by atoms with Crippen LogP contribution < -0.4 is 0 Å². The van der Waals surface area contributed by atoms with Crippen molar-refractivity contribution >= 4 is 15.9 Å². The number of halogens is 1. The van der Waals surface area contributed by atoms with E-state index in [0.29, 0.717) is 6.04 Å². The molecule has 3 nitrogen and oxygen atoms in total. The van der Waals surface area contributed by atoms with Crippen molar-refractivity contribution in [2.45, 2.75) is 37.3 Å². The van der Waals surface area contributed by atoms with Gasteiger partial charge in [0.1, 0.15) is 0 Å². The molecule has 3 rings (SSSR count). The van der Waals surface area contributed by atoms with Crippen LogP contribution in [-0.4, -0.2) is 39.7 Å². The summed E-state index contributed by atoms with van der Waals surface area (Å²) < 4.78 is 0.986. The number of aromatic nitrogens is 1. The van der Waals surface area contributed by atoms with E-state index >= 15 is 0 Å². The van der Waals surface area contributed by atoms with Crippen molar-refractivity contribution < 1.29 is 5.11 Å². The summed E-state index contributed by atoms with van der Waals surface area (Å²) in [6, 6.07) is 2.42. The number of aliphatic hydroxyl groups is 1. The Hall–Kier alpha value is -0.450. The zero-order valence-corrected chi connectivity index (χ0v) is 11.4. The third-order valence-electron chi connectivity index (χ3n) is 4.09. The maximum Gasteiger partial charge on any atom is 0.0855 e. The number of fused-ring (bicyclic) bond motifs is 1. The highest BCUT2D eigenvalue weighted by Crippen LogP contribution is 2.38. The summed E-state index contributed by atoms with van der Waals surface area (Å²) in [6.07, 6.45) is 7.62. The molecule has 1 aromatic heterocycles. The molecule has 1 N–H and O–H groups in total. The summed E-state index contributed by atoms with van der Waals surface area (Å²) in [7, 11) is 0. The minimum absolute atomic E-state index is 0.362. The lowest BCUT2D eigenvalue weighted by Gasteiger charge is -2.30. The largest absolute Gasteiger partial charge is 0.388 e. The first kappa shape index (κ1) is 11.6. The number of nitrogens with zero attached hydrogens (tertiary/aromatic N) is 2. The molecule has 1 aromatic rings. The Labute approximate surface area is 110 Å². The molecule has 2 unspecified atom stereocenters. The third-order valence-corrected chi connectivity index (χ3v) is 4.52. The average Bonchev–Trinajstić information content (AvgIpc) is 2.84. The van der Waals surface area contributed by atoms with Crippen molar-refractivity contribution in [2.24, 2.45) is 0 Å². The first-order valence-electron chi connectivity index (χ1n) is 6.23. The molecule has 4 heteroatoms. The smallest absolute Gasteiger partial charge is 0.0855 e. The summed E-state index contributed by atoms with van der Waals surface area (Å²) in [5.41, 5.74) is 0.578. The first-order chi connectivity index (χ1) is 8.17. The quantitative estimate of drug-likeness (QED) is 0.907. The van der Waals surface area contributed by atoms with Gasteiger partial charge in [-0.05, 0) is 53.4 Å². The van der Waals surface area contributed by atoms with Gasteiger partial charge in [0, 0.05) is 35.9 Å². The van der Waals surface area contributed by atoms with Crippen LogP contribution in [0.4, 0.5) is 0 Å². The number of hydrogen-bond acceptors (Lipinski definition) is 3. The Kier molecular flexibility index (Phi) is 2.97. The minimum atomic E-state index is -0.543. The Bertz CT molecular complexity index is 426. The van der Waals surface area contributed by atoms with Crippen LogP contribution in [0.25, 0.3) is 0 Å². The van der Waals surface area contributed by atoms with Crippen molar-refractivity contribution in [1.29, 1.82) is 0 Å². The van der Waals surface area contributed by atoms with Crippen molar-refractivity contribution in [3.8, 4) is 0 Å². The van der Waals surface area contributed by atoms with E-state index in [1.54, 1.807) is 6.20 Å². The number of hydrogen-bond donors (Lipinski definition) is 1. The van der Waals surface area contributed by atoms with E-state index in [0.717, 1.165) is 42.4 Å². The Morgan fingerprint density at radius 3 is 3.18 bits per heavy atom. The molecule has 0 aliphatic carbocycles. The SMILES string of the molecule is OC1(Cc2cncc(Br)c2)CCN2CCCC21. The van der Waals surface area contributed by atoms with Crippen LogP contribution in [0.5, 0.6) is 0 Å². The molecule has 2 atom stereocenters. The van der Waals surface area contributed by atoms with Crippen LogP contribution in [0, 0.1) is 0 Å². The second-order valence-corrected chi connectivity index (χ2v) is 6.15. The van der Waals surface area contributed by atoms with Gasteiger partial charge in [-0.25, -0.2) is 0 Å². The molecule has 0 spiro atoms. The fourth-order valence-corrected chi connectivity index (χ4v) is 3.73. The zero-order chi connectivity index (χ0) is 11.9. The van der Waals surface area contributed by atoms with Crippen LogP contribution in [0.3, 0.4) is 0 Å². The molecule has 2 aliphatic rings. The zero-order valence-electron chi connectivity index (χ0n) is 9.77. The molecule has 0 radical (unpaired) electrons. The molecule has 2 aliphatic heterocycles. The molecule has 0 amide bonds. The summed E-state index contributed by atoms with van der Waals surface area (Å²) in [5, 5.41) is 10.8. The van der Waals surface area contributed by atoms with Crippen LogP contribution in [0.1, 0.15) is 24.8 Å². The molecule has 0 bridgehead atoms.